The molecule has 0 spiro atoms. The van der Waals surface area contributed by atoms with Crippen molar-refractivity contribution < 1.29 is 19.1 Å². The summed E-state index contributed by atoms with van der Waals surface area (Å²) in [5.41, 5.74) is 14.4. The van der Waals surface area contributed by atoms with Gasteiger partial charge >= 0.3 is 0 Å². The highest BCUT2D eigenvalue weighted by molar-refractivity contribution is 7.09. The normalized spacial score (nSPS) is 15.6. The predicted octanol–water partition coefficient (Wildman–Crippen LogP) is 3.70. The van der Waals surface area contributed by atoms with Gasteiger partial charge in [-0.25, -0.2) is 0 Å². The van der Waals surface area contributed by atoms with E-state index in [2.05, 4.69) is 23.5 Å². The summed E-state index contributed by atoms with van der Waals surface area (Å²) in [6.45, 7) is 5.15. The van der Waals surface area contributed by atoms with Crippen LogP contribution in [0.3, 0.4) is 0 Å². The summed E-state index contributed by atoms with van der Waals surface area (Å²) in [5, 5.41) is 3.00. The lowest BCUT2D eigenvalue weighted by Crippen LogP contribution is -2.45. The Kier molecular flexibility index (Phi) is 9.06. The number of hydrogen-bond donors (Lipinski definition) is 3. The van der Waals surface area contributed by atoms with Gasteiger partial charge in [-0.2, -0.15) is 4.37 Å². The van der Waals surface area contributed by atoms with Crippen molar-refractivity contribution in [1.29, 1.82) is 0 Å². The van der Waals surface area contributed by atoms with E-state index in [-0.39, 0.29) is 34.2 Å². The number of amides is 3. The van der Waals surface area contributed by atoms with E-state index in [1.54, 1.807) is 0 Å². The van der Waals surface area contributed by atoms with Crippen LogP contribution in [0.4, 0.5) is 17.1 Å². The Labute approximate surface area is 238 Å². The van der Waals surface area contributed by atoms with E-state index in [1.807, 2.05) is 67.5 Å². The first kappa shape index (κ1) is 29.0. The Morgan fingerprint density at radius 1 is 1.05 bits per heavy atom. The van der Waals surface area contributed by atoms with Gasteiger partial charge in [-0.05, 0) is 65.7 Å². The molecule has 2 aromatic carbocycles. The zero-order valence-electron chi connectivity index (χ0n) is 23.2. The van der Waals surface area contributed by atoms with E-state index in [1.165, 1.54) is 4.90 Å². The maximum Gasteiger partial charge on any atom is 0.273 e. The van der Waals surface area contributed by atoms with Gasteiger partial charge in [0.1, 0.15) is 10.9 Å². The molecule has 10 nitrogen and oxygen atoms in total. The van der Waals surface area contributed by atoms with Crippen molar-refractivity contribution in [1.82, 2.24) is 9.69 Å². The number of nitrogens with zero attached hydrogens (tertiary/aromatic N) is 3. The quantitative estimate of drug-likeness (QED) is 0.341. The third kappa shape index (κ3) is 6.26. The summed E-state index contributed by atoms with van der Waals surface area (Å²) in [4.78, 5) is 43.4. The third-order valence-electron chi connectivity index (χ3n) is 6.97. The topological polar surface area (TPSA) is 144 Å². The smallest absolute Gasteiger partial charge is 0.273 e. The van der Waals surface area contributed by atoms with Crippen LogP contribution in [0.2, 0.25) is 0 Å². The minimum absolute atomic E-state index is 0.0311. The van der Waals surface area contributed by atoms with Crippen LogP contribution in [0, 0.1) is 0 Å². The molecule has 0 saturated carbocycles. The van der Waals surface area contributed by atoms with E-state index in [0.717, 1.165) is 35.6 Å². The molecule has 40 heavy (non-hydrogen) atoms. The Morgan fingerprint density at radius 2 is 1.68 bits per heavy atom. The van der Waals surface area contributed by atoms with Crippen molar-refractivity contribution in [3.63, 3.8) is 0 Å². The van der Waals surface area contributed by atoms with Crippen molar-refractivity contribution >= 4 is 46.3 Å². The number of nitrogens with two attached hydrogens (primary N) is 2. The maximum absolute atomic E-state index is 14.2. The van der Waals surface area contributed by atoms with Crippen LogP contribution in [0.5, 0.6) is 0 Å². The van der Waals surface area contributed by atoms with Crippen molar-refractivity contribution in [3.8, 4) is 0 Å². The van der Waals surface area contributed by atoms with Gasteiger partial charge in [0, 0.05) is 38.6 Å². The van der Waals surface area contributed by atoms with Gasteiger partial charge in [0.25, 0.3) is 11.8 Å². The standard InChI is InChI=1S/C29H36N6O4S/c1-17(2)18-7-13-21(14-8-18)35(29(38)26-23(30)24(27(31)36)33-40-26)25(19-9-11-20(12-10-19)34(3)4)28(37)32-16-22-6-5-15-39-22/h7-14,17,22,25H,5-6,15-16,30H2,1-4H3,(H2,31,36)(H,32,37)/t22-,25-/m0/s1. The number of nitrogens with one attached hydrogen (secondary N) is 1. The van der Waals surface area contributed by atoms with E-state index in [4.69, 9.17) is 16.2 Å². The van der Waals surface area contributed by atoms with Crippen molar-refractivity contribution in [3.05, 3.63) is 70.2 Å². The van der Waals surface area contributed by atoms with Crippen molar-refractivity contribution in [2.75, 3.05) is 42.8 Å². The molecule has 5 N–H and O–H groups in total. The molecule has 11 heteroatoms. The predicted molar refractivity (Wildman–Crippen MR) is 158 cm³/mol. The fraction of sp³-hybridized carbons (Fsp3) is 0.379. The highest BCUT2D eigenvalue weighted by Crippen LogP contribution is 2.34. The number of carbonyl (C=O) groups is 3. The average Bonchev–Trinajstić information content (AvgIpc) is 3.60. The molecule has 1 saturated heterocycles. The number of hydrogen-bond acceptors (Lipinski definition) is 8. The number of benzene rings is 2. The lowest BCUT2D eigenvalue weighted by Gasteiger charge is -2.32. The number of primary amides is 1. The largest absolute Gasteiger partial charge is 0.395 e. The van der Waals surface area contributed by atoms with Gasteiger partial charge in [-0.15, -0.1) is 0 Å². The molecule has 1 aromatic heterocycles. The van der Waals surface area contributed by atoms with Crippen molar-refractivity contribution in [2.24, 2.45) is 5.73 Å². The van der Waals surface area contributed by atoms with Crippen LogP contribution in [0.1, 0.15) is 69.9 Å². The number of anilines is 3. The Morgan fingerprint density at radius 3 is 2.20 bits per heavy atom. The summed E-state index contributed by atoms with van der Waals surface area (Å²) >= 11 is 0.783. The summed E-state index contributed by atoms with van der Waals surface area (Å²) in [6, 6.07) is 13.9. The highest BCUT2D eigenvalue weighted by atomic mass is 32.1. The van der Waals surface area contributed by atoms with Crippen LogP contribution >= 0.6 is 11.5 Å². The lowest BCUT2D eigenvalue weighted by molar-refractivity contribution is -0.123. The zero-order chi connectivity index (χ0) is 29.0. The average molecular weight is 565 g/mol. The number of nitrogen functional groups attached to an aromatic ring is 1. The van der Waals surface area contributed by atoms with E-state index < -0.39 is 17.9 Å². The molecule has 4 rings (SSSR count). The van der Waals surface area contributed by atoms with E-state index in [0.29, 0.717) is 24.4 Å². The first-order chi connectivity index (χ1) is 19.1. The van der Waals surface area contributed by atoms with Crippen LogP contribution in [0.25, 0.3) is 0 Å². The molecule has 2 atom stereocenters. The minimum Gasteiger partial charge on any atom is -0.395 e. The summed E-state index contributed by atoms with van der Waals surface area (Å²) in [6.07, 6.45) is 1.72. The van der Waals surface area contributed by atoms with Crippen LogP contribution in [0.15, 0.2) is 48.5 Å². The molecule has 0 bridgehead atoms. The van der Waals surface area contributed by atoms with Gasteiger partial charge in [0.15, 0.2) is 5.69 Å². The molecule has 0 unspecified atom stereocenters. The van der Waals surface area contributed by atoms with Gasteiger partial charge in [-0.1, -0.05) is 38.1 Å². The Bertz CT molecular complexity index is 1350. The van der Waals surface area contributed by atoms with Gasteiger partial charge in [0.2, 0.25) is 5.91 Å². The Balaban J connectivity index is 1.82. The van der Waals surface area contributed by atoms with Crippen LogP contribution in [-0.2, 0) is 9.53 Å². The number of carbonyl (C=O) groups excluding carboxylic acids is 3. The Hall–Kier alpha value is -3.96. The fourth-order valence-electron chi connectivity index (χ4n) is 4.63. The number of aromatic nitrogens is 1. The molecule has 0 aliphatic carbocycles. The first-order valence-corrected chi connectivity index (χ1v) is 14.0. The molecule has 3 aromatic rings. The van der Waals surface area contributed by atoms with Crippen molar-refractivity contribution in [2.45, 2.75) is 44.8 Å². The number of ether oxygens (including phenoxy) is 1. The molecule has 1 aliphatic heterocycles. The summed E-state index contributed by atoms with van der Waals surface area (Å²) in [7, 11) is 3.85. The summed E-state index contributed by atoms with van der Waals surface area (Å²) in [5.74, 6) is -1.48. The second-order valence-electron chi connectivity index (χ2n) is 10.3. The molecule has 1 aliphatic rings. The molecular formula is C29H36N6O4S. The van der Waals surface area contributed by atoms with Crippen LogP contribution in [-0.4, -0.2) is 55.4 Å². The first-order valence-electron chi connectivity index (χ1n) is 13.2. The van der Waals surface area contributed by atoms with Gasteiger partial charge in [-0.3, -0.25) is 19.3 Å². The molecule has 0 radical (unpaired) electrons. The van der Waals surface area contributed by atoms with E-state index in [9.17, 15) is 14.4 Å². The molecule has 3 amide bonds. The monoisotopic (exact) mass is 564 g/mol. The minimum atomic E-state index is -1.05. The number of rotatable bonds is 10. The summed E-state index contributed by atoms with van der Waals surface area (Å²) < 4.78 is 9.72. The second-order valence-corrected chi connectivity index (χ2v) is 11.1. The maximum atomic E-state index is 14.2. The third-order valence-corrected chi connectivity index (χ3v) is 7.82. The molecule has 212 valence electrons. The van der Waals surface area contributed by atoms with Gasteiger partial charge < -0.3 is 26.4 Å². The van der Waals surface area contributed by atoms with Crippen LogP contribution < -0.4 is 26.6 Å². The molecule has 2 heterocycles. The molecule has 1 fully saturated rings. The molecular weight excluding hydrogens is 528 g/mol. The lowest BCUT2D eigenvalue weighted by atomic mass is 9.99. The second kappa shape index (κ2) is 12.5. The SMILES string of the molecule is CC(C)c1ccc(N(C(=O)c2snc(C(N)=O)c2N)[C@H](C(=O)NC[C@@H]2CCCO2)c2ccc(N(C)C)cc2)cc1. The van der Waals surface area contributed by atoms with E-state index >= 15 is 0 Å². The highest BCUT2D eigenvalue weighted by Gasteiger charge is 2.36. The zero-order valence-corrected chi connectivity index (χ0v) is 24.0. The van der Waals surface area contributed by atoms with Gasteiger partial charge in [0.05, 0.1) is 11.8 Å². The fourth-order valence-corrected chi connectivity index (χ4v) is 5.37.